The highest BCUT2D eigenvalue weighted by atomic mass is 32.2. The molecule has 0 spiro atoms. The third kappa shape index (κ3) is 3.35. The average Bonchev–Trinajstić information content (AvgIpc) is 2.94. The SMILES string of the molecule is O=S(=O)(O)c1cn(CCn2cc(S(=O)(=O)O)nn2)nn1. The summed E-state index contributed by atoms with van der Waals surface area (Å²) in [5, 5.41) is 12.2. The quantitative estimate of drug-likeness (QED) is 0.590. The zero-order valence-electron chi connectivity index (χ0n) is 9.60. The second-order valence-corrected chi connectivity index (χ2v) is 6.33. The topological polar surface area (TPSA) is 170 Å². The van der Waals surface area contributed by atoms with Gasteiger partial charge in [-0.2, -0.15) is 16.8 Å². The minimum Gasteiger partial charge on any atom is -0.281 e. The number of aryl methyl sites for hydroxylation is 2. The van der Waals surface area contributed by atoms with Crippen molar-refractivity contribution >= 4 is 20.2 Å². The van der Waals surface area contributed by atoms with Gasteiger partial charge in [0.2, 0.25) is 10.1 Å². The summed E-state index contributed by atoms with van der Waals surface area (Å²) >= 11 is 0. The molecule has 2 aromatic heterocycles. The molecule has 0 bridgehead atoms. The summed E-state index contributed by atoms with van der Waals surface area (Å²) in [5.74, 6) is 0. The highest BCUT2D eigenvalue weighted by Crippen LogP contribution is 2.04. The van der Waals surface area contributed by atoms with Crippen molar-refractivity contribution in [2.75, 3.05) is 0 Å². The van der Waals surface area contributed by atoms with E-state index in [4.69, 9.17) is 9.11 Å². The molecule has 0 fully saturated rings. The van der Waals surface area contributed by atoms with E-state index in [1.165, 1.54) is 0 Å². The van der Waals surface area contributed by atoms with E-state index in [9.17, 15) is 16.8 Å². The Labute approximate surface area is 112 Å². The lowest BCUT2D eigenvalue weighted by Crippen LogP contribution is -2.08. The Balaban J connectivity index is 2.06. The maximum Gasteiger partial charge on any atom is 0.315 e. The number of hydrogen-bond acceptors (Lipinski definition) is 8. The smallest absolute Gasteiger partial charge is 0.281 e. The summed E-state index contributed by atoms with van der Waals surface area (Å²) in [7, 11) is -8.84. The van der Waals surface area contributed by atoms with Gasteiger partial charge in [-0.05, 0) is 0 Å². The molecule has 12 nitrogen and oxygen atoms in total. The highest BCUT2D eigenvalue weighted by Gasteiger charge is 2.16. The van der Waals surface area contributed by atoms with E-state index in [0.717, 1.165) is 21.8 Å². The van der Waals surface area contributed by atoms with Crippen molar-refractivity contribution in [1.29, 1.82) is 0 Å². The first-order valence-electron chi connectivity index (χ1n) is 4.91. The molecule has 110 valence electrons. The first-order valence-corrected chi connectivity index (χ1v) is 7.79. The molecule has 2 rings (SSSR count). The normalized spacial score (nSPS) is 12.7. The molecule has 0 radical (unpaired) electrons. The molecule has 0 aliphatic rings. The summed E-state index contributed by atoms with van der Waals surface area (Å²) in [6.45, 7) is 0.188. The molecule has 0 saturated heterocycles. The molecule has 2 aromatic rings. The summed E-state index contributed by atoms with van der Waals surface area (Å²) in [5.41, 5.74) is 0. The van der Waals surface area contributed by atoms with E-state index in [1.54, 1.807) is 0 Å². The second kappa shape index (κ2) is 4.89. The lowest BCUT2D eigenvalue weighted by Gasteiger charge is -1.99. The molecule has 14 heteroatoms. The molecule has 0 saturated carbocycles. The van der Waals surface area contributed by atoms with E-state index in [2.05, 4.69) is 20.6 Å². The van der Waals surface area contributed by atoms with Crippen molar-refractivity contribution in [2.24, 2.45) is 0 Å². The van der Waals surface area contributed by atoms with Crippen LogP contribution in [0.15, 0.2) is 22.4 Å². The average molecular weight is 324 g/mol. The number of hydrogen-bond donors (Lipinski definition) is 2. The van der Waals surface area contributed by atoms with E-state index >= 15 is 0 Å². The van der Waals surface area contributed by atoms with Crippen LogP contribution in [0.2, 0.25) is 0 Å². The third-order valence-corrected chi connectivity index (χ3v) is 3.55. The molecule has 0 unspecified atom stereocenters. The predicted molar refractivity (Wildman–Crippen MR) is 59.7 cm³/mol. The largest absolute Gasteiger partial charge is 0.315 e. The molecule has 2 heterocycles. The Hall–Kier alpha value is -1.90. The van der Waals surface area contributed by atoms with Gasteiger partial charge >= 0.3 is 20.2 Å². The Bertz CT molecular complexity index is 750. The number of rotatable bonds is 5. The molecule has 0 aromatic carbocycles. The molecule has 20 heavy (non-hydrogen) atoms. The van der Waals surface area contributed by atoms with Crippen molar-refractivity contribution in [3.8, 4) is 0 Å². The van der Waals surface area contributed by atoms with Gasteiger partial charge in [-0.3, -0.25) is 9.11 Å². The minimum atomic E-state index is -4.42. The predicted octanol–water partition coefficient (Wildman–Crippen LogP) is -1.94. The zero-order chi connectivity index (χ0) is 15.0. The number of nitrogens with zero attached hydrogens (tertiary/aromatic N) is 6. The van der Waals surface area contributed by atoms with Crippen molar-refractivity contribution in [2.45, 2.75) is 23.1 Å². The van der Waals surface area contributed by atoms with Crippen LogP contribution in [0.4, 0.5) is 0 Å². The van der Waals surface area contributed by atoms with Crippen LogP contribution in [0.25, 0.3) is 0 Å². The van der Waals surface area contributed by atoms with Crippen molar-refractivity contribution < 1.29 is 25.9 Å². The van der Waals surface area contributed by atoms with E-state index in [0.29, 0.717) is 0 Å². The van der Waals surface area contributed by atoms with Gasteiger partial charge in [0.15, 0.2) is 0 Å². The standard InChI is InChI=1S/C6H8N6O6S2/c13-19(14,15)5-3-11(9-7-5)1-2-12-4-6(8-10-12)20(16,17)18/h3-4H,1-2H2,(H,13,14,15)(H,16,17,18). The number of aromatic nitrogens is 6. The maximum atomic E-state index is 10.8. The Morgan fingerprint density at radius 1 is 0.850 bits per heavy atom. The Morgan fingerprint density at radius 2 is 1.20 bits per heavy atom. The summed E-state index contributed by atoms with van der Waals surface area (Å²) < 4.78 is 62.7. The second-order valence-electron chi connectivity index (χ2n) is 3.59. The lowest BCUT2D eigenvalue weighted by atomic mass is 10.6. The van der Waals surface area contributed by atoms with Crippen LogP contribution in [0.1, 0.15) is 0 Å². The van der Waals surface area contributed by atoms with Gasteiger partial charge in [-0.25, -0.2) is 9.36 Å². The molecular formula is C6H8N6O6S2. The summed E-state index contributed by atoms with van der Waals surface area (Å²) in [4.78, 5) is 0. The first kappa shape index (κ1) is 14.5. The van der Waals surface area contributed by atoms with Crippen LogP contribution in [-0.2, 0) is 33.3 Å². The Kier molecular flexibility index (Phi) is 3.55. The van der Waals surface area contributed by atoms with E-state index < -0.39 is 30.3 Å². The zero-order valence-corrected chi connectivity index (χ0v) is 11.2. The van der Waals surface area contributed by atoms with Crippen molar-refractivity contribution in [1.82, 2.24) is 30.0 Å². The van der Waals surface area contributed by atoms with Crippen molar-refractivity contribution in [3.63, 3.8) is 0 Å². The van der Waals surface area contributed by atoms with Crippen LogP contribution in [0.3, 0.4) is 0 Å². The van der Waals surface area contributed by atoms with E-state index in [1.807, 2.05) is 0 Å². The van der Waals surface area contributed by atoms with Gasteiger partial charge < -0.3 is 0 Å². The van der Waals surface area contributed by atoms with Crippen LogP contribution in [-0.4, -0.2) is 55.9 Å². The minimum absolute atomic E-state index is 0.0940. The fourth-order valence-electron chi connectivity index (χ4n) is 1.22. The molecule has 0 aliphatic heterocycles. The molecule has 2 N–H and O–H groups in total. The van der Waals surface area contributed by atoms with Gasteiger partial charge in [-0.1, -0.05) is 10.4 Å². The van der Waals surface area contributed by atoms with Gasteiger partial charge in [0, 0.05) is 0 Å². The van der Waals surface area contributed by atoms with Gasteiger partial charge in [-0.15, -0.1) is 10.2 Å². The third-order valence-electron chi connectivity index (χ3n) is 2.12. The van der Waals surface area contributed by atoms with Crippen LogP contribution < -0.4 is 0 Å². The maximum absolute atomic E-state index is 10.8. The molecule has 0 atom stereocenters. The fourth-order valence-corrected chi connectivity index (χ4v) is 2.01. The van der Waals surface area contributed by atoms with Crippen LogP contribution in [0.5, 0.6) is 0 Å². The monoisotopic (exact) mass is 324 g/mol. The summed E-state index contributed by atoms with van der Waals surface area (Å²) in [6, 6.07) is 0. The summed E-state index contributed by atoms with van der Waals surface area (Å²) in [6.07, 6.45) is 1.99. The van der Waals surface area contributed by atoms with Crippen LogP contribution >= 0.6 is 0 Å². The van der Waals surface area contributed by atoms with E-state index in [-0.39, 0.29) is 13.1 Å². The fraction of sp³-hybridized carbons (Fsp3) is 0.333. The van der Waals surface area contributed by atoms with Crippen LogP contribution in [0, 0.1) is 0 Å². The molecule has 0 amide bonds. The van der Waals surface area contributed by atoms with Crippen molar-refractivity contribution in [3.05, 3.63) is 12.4 Å². The lowest BCUT2D eigenvalue weighted by molar-refractivity contribution is 0.476. The first-order chi connectivity index (χ1) is 9.16. The Morgan fingerprint density at radius 3 is 1.45 bits per heavy atom. The van der Waals surface area contributed by atoms with Gasteiger partial charge in [0.25, 0.3) is 0 Å². The van der Waals surface area contributed by atoms with Gasteiger partial charge in [0.05, 0.1) is 25.5 Å². The van der Waals surface area contributed by atoms with Gasteiger partial charge in [0.1, 0.15) is 0 Å². The highest BCUT2D eigenvalue weighted by molar-refractivity contribution is 7.86. The molecular weight excluding hydrogens is 316 g/mol. The molecule has 0 aliphatic carbocycles.